The maximum atomic E-state index is 11.7. The number of benzene rings is 3. The average Bonchev–Trinajstić information content (AvgIpc) is 3.01. The second kappa shape index (κ2) is 6.78. The smallest absolute Gasteiger partial charge is 0.284 e. The standard InChI is InChI=1S/C20H11N3O7/c24-19-4-2-1-3-11(19)7-15-16-8-12(21(25)26)5-6-14(16)20-17(15)9-13(22(27)28)10-18(20)23(29)30/h1-10,24H. The Morgan fingerprint density at radius 2 is 1.40 bits per heavy atom. The minimum atomic E-state index is -0.740. The lowest BCUT2D eigenvalue weighted by Gasteiger charge is -2.05. The van der Waals surface area contributed by atoms with E-state index in [-0.39, 0.29) is 22.6 Å². The van der Waals surface area contributed by atoms with Gasteiger partial charge in [0.15, 0.2) is 0 Å². The summed E-state index contributed by atoms with van der Waals surface area (Å²) in [7, 11) is 0. The lowest BCUT2D eigenvalue weighted by molar-refractivity contribution is -0.393. The van der Waals surface area contributed by atoms with Gasteiger partial charge in [-0.25, -0.2) is 0 Å². The van der Waals surface area contributed by atoms with E-state index in [1.165, 1.54) is 36.4 Å². The van der Waals surface area contributed by atoms with E-state index in [0.717, 1.165) is 6.07 Å². The SMILES string of the molecule is O=[N+]([O-])c1ccc2c(c1)C(=Cc1ccccc1O)c1cc([N+](=O)[O-])cc([N+](=O)[O-])c1-2. The molecule has 0 atom stereocenters. The number of para-hydroxylation sites is 1. The van der Waals surface area contributed by atoms with Gasteiger partial charge in [-0.3, -0.25) is 30.3 Å². The van der Waals surface area contributed by atoms with E-state index in [9.17, 15) is 35.4 Å². The maximum Gasteiger partial charge on any atom is 0.284 e. The molecule has 0 unspecified atom stereocenters. The van der Waals surface area contributed by atoms with Gasteiger partial charge in [0.2, 0.25) is 0 Å². The molecule has 0 spiro atoms. The summed E-state index contributed by atoms with van der Waals surface area (Å²) in [5, 5.41) is 44.4. The first-order valence-corrected chi connectivity index (χ1v) is 8.54. The molecule has 3 aromatic carbocycles. The summed E-state index contributed by atoms with van der Waals surface area (Å²) in [6.45, 7) is 0. The number of nitrogens with zero attached hydrogens (tertiary/aromatic N) is 3. The Labute approximate surface area is 167 Å². The van der Waals surface area contributed by atoms with Crippen LogP contribution < -0.4 is 0 Å². The number of nitro benzene ring substituents is 3. The largest absolute Gasteiger partial charge is 0.507 e. The van der Waals surface area contributed by atoms with E-state index in [0.29, 0.717) is 22.3 Å². The Morgan fingerprint density at radius 3 is 2.03 bits per heavy atom. The minimum absolute atomic E-state index is 0.0784. The second-order valence-corrected chi connectivity index (χ2v) is 6.51. The van der Waals surface area contributed by atoms with Crippen molar-refractivity contribution in [3.05, 3.63) is 102 Å². The third-order valence-corrected chi connectivity index (χ3v) is 4.81. The van der Waals surface area contributed by atoms with Crippen LogP contribution in [0.1, 0.15) is 16.7 Å². The van der Waals surface area contributed by atoms with Gasteiger partial charge in [-0.15, -0.1) is 0 Å². The van der Waals surface area contributed by atoms with Crippen molar-refractivity contribution in [1.82, 2.24) is 0 Å². The number of non-ortho nitro benzene ring substituents is 2. The summed E-state index contributed by atoms with van der Waals surface area (Å²) in [6, 6.07) is 12.2. The fourth-order valence-corrected chi connectivity index (χ4v) is 3.51. The molecular weight excluding hydrogens is 394 g/mol. The van der Waals surface area contributed by atoms with Gasteiger partial charge in [0.25, 0.3) is 17.1 Å². The van der Waals surface area contributed by atoms with Gasteiger partial charge < -0.3 is 5.11 Å². The quantitative estimate of drug-likeness (QED) is 0.382. The highest BCUT2D eigenvalue weighted by atomic mass is 16.6. The van der Waals surface area contributed by atoms with E-state index in [2.05, 4.69) is 0 Å². The third-order valence-electron chi connectivity index (χ3n) is 4.81. The number of fused-ring (bicyclic) bond motifs is 3. The van der Waals surface area contributed by atoms with E-state index in [4.69, 9.17) is 0 Å². The van der Waals surface area contributed by atoms with Gasteiger partial charge in [-0.2, -0.15) is 0 Å². The molecule has 1 N–H and O–H groups in total. The van der Waals surface area contributed by atoms with Gasteiger partial charge in [0, 0.05) is 29.3 Å². The normalized spacial score (nSPS) is 13.0. The number of hydrogen-bond donors (Lipinski definition) is 1. The molecule has 4 rings (SSSR count). The Bertz CT molecular complexity index is 1300. The van der Waals surface area contributed by atoms with Gasteiger partial charge in [-0.05, 0) is 34.9 Å². The second-order valence-electron chi connectivity index (χ2n) is 6.51. The van der Waals surface area contributed by atoms with Crippen molar-refractivity contribution in [2.45, 2.75) is 0 Å². The fraction of sp³-hybridized carbons (Fsp3) is 0. The molecule has 0 saturated heterocycles. The monoisotopic (exact) mass is 405 g/mol. The molecule has 148 valence electrons. The van der Waals surface area contributed by atoms with Crippen molar-refractivity contribution in [1.29, 1.82) is 0 Å². The van der Waals surface area contributed by atoms with Crippen LogP contribution in [0, 0.1) is 30.3 Å². The average molecular weight is 405 g/mol. The Morgan fingerprint density at radius 1 is 0.733 bits per heavy atom. The number of aromatic hydroxyl groups is 1. The first kappa shape index (κ1) is 18.7. The van der Waals surface area contributed by atoms with Crippen molar-refractivity contribution in [2.24, 2.45) is 0 Å². The summed E-state index contributed by atoms with van der Waals surface area (Å²) < 4.78 is 0. The molecule has 0 fully saturated rings. The summed E-state index contributed by atoms with van der Waals surface area (Å²) in [6.07, 6.45) is 1.50. The first-order chi connectivity index (χ1) is 14.3. The Hall–Kier alpha value is -4.60. The topological polar surface area (TPSA) is 150 Å². The van der Waals surface area contributed by atoms with Crippen LogP contribution in [0.2, 0.25) is 0 Å². The molecular formula is C20H11N3O7. The maximum absolute atomic E-state index is 11.7. The highest BCUT2D eigenvalue weighted by Gasteiger charge is 2.34. The lowest BCUT2D eigenvalue weighted by Crippen LogP contribution is -1.96. The van der Waals surface area contributed by atoms with Crippen molar-refractivity contribution in [2.75, 3.05) is 0 Å². The lowest BCUT2D eigenvalue weighted by atomic mass is 9.99. The van der Waals surface area contributed by atoms with Crippen LogP contribution in [0.3, 0.4) is 0 Å². The van der Waals surface area contributed by atoms with Crippen molar-refractivity contribution in [3.63, 3.8) is 0 Å². The summed E-state index contributed by atoms with van der Waals surface area (Å²) in [5.41, 5.74) is 0.448. The predicted octanol–water partition coefficient (Wildman–Crippen LogP) is 4.69. The van der Waals surface area contributed by atoms with Crippen molar-refractivity contribution < 1.29 is 19.9 Å². The predicted molar refractivity (Wildman–Crippen MR) is 107 cm³/mol. The van der Waals surface area contributed by atoms with Gasteiger partial charge in [-0.1, -0.05) is 18.2 Å². The van der Waals surface area contributed by atoms with Crippen LogP contribution in [-0.4, -0.2) is 19.9 Å². The van der Waals surface area contributed by atoms with Crippen LogP contribution in [0.25, 0.3) is 22.8 Å². The van der Waals surface area contributed by atoms with Crippen molar-refractivity contribution in [3.8, 4) is 16.9 Å². The van der Waals surface area contributed by atoms with E-state index in [1.54, 1.807) is 18.2 Å². The number of phenols is 1. The number of hydrogen-bond acceptors (Lipinski definition) is 7. The highest BCUT2D eigenvalue weighted by Crippen LogP contribution is 2.51. The molecule has 3 aromatic rings. The van der Waals surface area contributed by atoms with Crippen LogP contribution >= 0.6 is 0 Å². The van der Waals surface area contributed by atoms with Gasteiger partial charge in [0.05, 0.1) is 26.4 Å². The van der Waals surface area contributed by atoms with E-state index < -0.39 is 26.1 Å². The van der Waals surface area contributed by atoms with E-state index in [1.807, 2.05) is 0 Å². The zero-order valence-electron chi connectivity index (χ0n) is 15.0. The Kier molecular flexibility index (Phi) is 4.24. The van der Waals surface area contributed by atoms with Crippen molar-refractivity contribution >= 4 is 28.7 Å². The Balaban J connectivity index is 2.11. The molecule has 0 amide bonds. The zero-order valence-corrected chi connectivity index (χ0v) is 15.0. The molecule has 1 aliphatic rings. The van der Waals surface area contributed by atoms with Crippen LogP contribution in [0.4, 0.5) is 17.1 Å². The summed E-state index contributed by atoms with van der Waals surface area (Å²) in [5.74, 6) is -0.0784. The van der Waals surface area contributed by atoms with E-state index >= 15 is 0 Å². The molecule has 0 heterocycles. The summed E-state index contributed by atoms with van der Waals surface area (Å²) in [4.78, 5) is 32.2. The first-order valence-electron chi connectivity index (χ1n) is 8.54. The zero-order chi connectivity index (χ0) is 21.6. The van der Waals surface area contributed by atoms with Crippen LogP contribution in [0.5, 0.6) is 5.75 Å². The number of rotatable bonds is 4. The summed E-state index contributed by atoms with van der Waals surface area (Å²) >= 11 is 0. The molecule has 0 aromatic heterocycles. The minimum Gasteiger partial charge on any atom is -0.507 e. The number of phenolic OH excluding ortho intramolecular Hbond substituents is 1. The molecule has 30 heavy (non-hydrogen) atoms. The highest BCUT2D eigenvalue weighted by molar-refractivity contribution is 6.10. The molecule has 0 saturated carbocycles. The van der Waals surface area contributed by atoms with Crippen LogP contribution in [-0.2, 0) is 0 Å². The van der Waals surface area contributed by atoms with Gasteiger partial charge in [0.1, 0.15) is 5.75 Å². The molecule has 0 bridgehead atoms. The number of nitro groups is 3. The molecule has 10 heteroatoms. The van der Waals surface area contributed by atoms with Gasteiger partial charge >= 0.3 is 0 Å². The molecule has 1 aliphatic carbocycles. The third kappa shape index (κ3) is 2.92. The molecule has 0 radical (unpaired) electrons. The molecule has 10 nitrogen and oxygen atoms in total. The fourth-order valence-electron chi connectivity index (χ4n) is 3.51. The van der Waals surface area contributed by atoms with Crippen LogP contribution in [0.15, 0.2) is 54.6 Å². The molecule has 0 aliphatic heterocycles.